The summed E-state index contributed by atoms with van der Waals surface area (Å²) in [6, 6.07) is 9.96. The molecule has 1 aliphatic rings. The van der Waals surface area contributed by atoms with Crippen LogP contribution in [-0.2, 0) is 4.74 Å². The summed E-state index contributed by atoms with van der Waals surface area (Å²) in [5.41, 5.74) is 1.26. The number of aryl methyl sites for hydroxylation is 1. The van der Waals surface area contributed by atoms with Gasteiger partial charge < -0.3 is 14.8 Å². The molecule has 226 valence electrons. The van der Waals surface area contributed by atoms with Crippen LogP contribution in [0, 0.1) is 18.6 Å². The average Bonchev–Trinajstić information content (AvgIpc) is 3.63. The van der Waals surface area contributed by atoms with Crippen LogP contribution in [0.3, 0.4) is 0 Å². The van der Waals surface area contributed by atoms with Crippen molar-refractivity contribution < 1.29 is 36.6 Å². The van der Waals surface area contributed by atoms with E-state index in [1.807, 2.05) is 0 Å². The van der Waals surface area contributed by atoms with Crippen LogP contribution in [0.5, 0.6) is 11.5 Å². The molecule has 5 rings (SSSR count). The van der Waals surface area contributed by atoms with Gasteiger partial charge in [-0.2, -0.15) is 4.39 Å². The zero-order chi connectivity index (χ0) is 31.1. The Morgan fingerprint density at radius 3 is 2.53 bits per heavy atom. The Labute approximate surface area is 245 Å². The Hall–Kier alpha value is -4.61. The molecule has 0 unspecified atom stereocenters. The highest BCUT2D eigenvalue weighted by Gasteiger charge is 2.30. The van der Waals surface area contributed by atoms with E-state index in [1.54, 1.807) is 45.9 Å². The van der Waals surface area contributed by atoms with Crippen LogP contribution in [0.25, 0.3) is 16.9 Å². The van der Waals surface area contributed by atoms with Gasteiger partial charge in [-0.3, -0.25) is 14.1 Å². The van der Waals surface area contributed by atoms with E-state index in [1.165, 1.54) is 35.0 Å². The van der Waals surface area contributed by atoms with Crippen LogP contribution < -0.4 is 15.0 Å². The number of fused-ring (bicyclic) bond motifs is 1. The van der Waals surface area contributed by atoms with Crippen molar-refractivity contribution in [3.8, 4) is 22.8 Å². The molecule has 1 fully saturated rings. The number of aromatic nitrogens is 2. The maximum Gasteiger partial charge on any atom is 0.415 e. The molecule has 2 aromatic heterocycles. The average molecular weight is 599 g/mol. The van der Waals surface area contributed by atoms with Crippen LogP contribution in [0.2, 0.25) is 0 Å². The molecular weight excluding hydrogens is 568 g/mol. The Morgan fingerprint density at radius 2 is 1.88 bits per heavy atom. The van der Waals surface area contributed by atoms with E-state index >= 15 is 0 Å². The third-order valence-corrected chi connectivity index (χ3v) is 6.61. The van der Waals surface area contributed by atoms with E-state index in [-0.39, 0.29) is 29.0 Å². The van der Waals surface area contributed by atoms with Gasteiger partial charge in [0, 0.05) is 23.2 Å². The standard InChI is InChI=1S/C31H30F4N4O4/c1-17-12-18(8-11-21(17)29(40)37-19-9-10-19)24-14-36-28-23(39(16-26(33)34)30(41)43-31(2,3)4)13-20(15-38(24)28)42-25-7-5-6-22(32)27(25)35/h5-8,11-15,19,26H,9-10,16H2,1-4H3,(H,37,40). The lowest BCUT2D eigenvalue weighted by Crippen LogP contribution is -2.40. The number of imidazole rings is 1. The number of hydrogen-bond acceptors (Lipinski definition) is 5. The monoisotopic (exact) mass is 598 g/mol. The number of amides is 2. The Balaban J connectivity index is 1.64. The fourth-order valence-corrected chi connectivity index (χ4v) is 4.50. The number of rotatable bonds is 8. The summed E-state index contributed by atoms with van der Waals surface area (Å²) in [4.78, 5) is 31.0. The zero-order valence-electron chi connectivity index (χ0n) is 24.0. The van der Waals surface area contributed by atoms with Crippen molar-refractivity contribution in [1.82, 2.24) is 14.7 Å². The summed E-state index contributed by atoms with van der Waals surface area (Å²) in [6.07, 6.45) is 0.787. The second-order valence-electron chi connectivity index (χ2n) is 11.3. The molecule has 0 aliphatic heterocycles. The van der Waals surface area contributed by atoms with Crippen molar-refractivity contribution in [3.05, 3.63) is 77.6 Å². The first-order chi connectivity index (χ1) is 20.3. The quantitative estimate of drug-likeness (QED) is 0.216. The largest absolute Gasteiger partial charge is 0.453 e. The van der Waals surface area contributed by atoms with Crippen molar-refractivity contribution in [2.75, 3.05) is 11.4 Å². The maximum atomic E-state index is 14.5. The van der Waals surface area contributed by atoms with E-state index in [4.69, 9.17) is 9.47 Å². The van der Waals surface area contributed by atoms with Gasteiger partial charge in [0.2, 0.25) is 5.82 Å². The summed E-state index contributed by atoms with van der Waals surface area (Å²) in [5, 5.41) is 2.96. The van der Waals surface area contributed by atoms with Crippen molar-refractivity contribution in [2.45, 2.75) is 58.6 Å². The number of pyridine rings is 1. The maximum absolute atomic E-state index is 14.5. The predicted octanol–water partition coefficient (Wildman–Crippen LogP) is 7.28. The molecule has 8 nitrogen and oxygen atoms in total. The Morgan fingerprint density at radius 1 is 1.14 bits per heavy atom. The van der Waals surface area contributed by atoms with E-state index < -0.39 is 42.0 Å². The summed E-state index contributed by atoms with van der Waals surface area (Å²) < 4.78 is 68.6. The van der Waals surface area contributed by atoms with Gasteiger partial charge >= 0.3 is 6.09 Å². The molecule has 1 N–H and O–H groups in total. The molecule has 0 spiro atoms. The minimum atomic E-state index is -2.94. The van der Waals surface area contributed by atoms with E-state index in [9.17, 15) is 27.2 Å². The highest BCUT2D eigenvalue weighted by Crippen LogP contribution is 2.35. The number of carbonyl (C=O) groups excluding carboxylic acids is 2. The van der Waals surface area contributed by atoms with Gasteiger partial charge in [-0.25, -0.2) is 22.9 Å². The summed E-state index contributed by atoms with van der Waals surface area (Å²) >= 11 is 0. The molecule has 0 radical (unpaired) electrons. The molecule has 12 heteroatoms. The van der Waals surface area contributed by atoms with E-state index in [0.717, 1.165) is 23.8 Å². The van der Waals surface area contributed by atoms with Gasteiger partial charge in [0.25, 0.3) is 12.3 Å². The second-order valence-corrected chi connectivity index (χ2v) is 11.3. The molecule has 2 aromatic carbocycles. The SMILES string of the molecule is Cc1cc(-c2cnc3c(N(CC(F)F)C(=O)OC(C)(C)C)cc(Oc4cccc(F)c4F)cn23)ccc1C(=O)NC1CC1. The first kappa shape index (κ1) is 29.9. The molecule has 0 atom stereocenters. The van der Waals surface area contributed by atoms with Crippen LogP contribution in [-0.4, -0.2) is 46.0 Å². The summed E-state index contributed by atoms with van der Waals surface area (Å²) in [7, 11) is 0. The third kappa shape index (κ3) is 6.73. The van der Waals surface area contributed by atoms with Crippen molar-refractivity contribution in [2.24, 2.45) is 0 Å². The first-order valence-corrected chi connectivity index (χ1v) is 13.6. The fourth-order valence-electron chi connectivity index (χ4n) is 4.50. The van der Waals surface area contributed by atoms with Gasteiger partial charge in [-0.15, -0.1) is 0 Å². The van der Waals surface area contributed by atoms with Crippen LogP contribution in [0.4, 0.5) is 28.0 Å². The number of anilines is 1. The van der Waals surface area contributed by atoms with Gasteiger partial charge in [0.1, 0.15) is 11.4 Å². The van der Waals surface area contributed by atoms with Gasteiger partial charge in [0.15, 0.2) is 17.2 Å². The number of hydrogen-bond donors (Lipinski definition) is 1. The molecule has 43 heavy (non-hydrogen) atoms. The minimum Gasteiger partial charge on any atom is -0.453 e. The van der Waals surface area contributed by atoms with E-state index in [0.29, 0.717) is 22.4 Å². The molecular formula is C31H30F4N4O4. The number of ether oxygens (including phenoxy) is 2. The number of alkyl halides is 2. The number of nitrogens with one attached hydrogen (secondary N) is 1. The van der Waals surface area contributed by atoms with Gasteiger partial charge in [-0.1, -0.05) is 12.1 Å². The van der Waals surface area contributed by atoms with Gasteiger partial charge in [-0.05, 0) is 70.4 Å². The second kappa shape index (κ2) is 11.6. The number of benzene rings is 2. The fraction of sp³-hybridized carbons (Fsp3) is 0.323. The Bertz CT molecular complexity index is 1700. The lowest BCUT2D eigenvalue weighted by Gasteiger charge is -2.27. The van der Waals surface area contributed by atoms with Crippen LogP contribution >= 0.6 is 0 Å². The normalized spacial score (nSPS) is 13.3. The lowest BCUT2D eigenvalue weighted by molar-refractivity contribution is 0.0543. The molecule has 4 aromatic rings. The summed E-state index contributed by atoms with van der Waals surface area (Å²) in [6.45, 7) is 5.54. The molecule has 1 saturated carbocycles. The molecule has 2 heterocycles. The predicted molar refractivity (Wildman–Crippen MR) is 152 cm³/mol. The number of nitrogens with zero attached hydrogens (tertiary/aromatic N) is 3. The minimum absolute atomic E-state index is 0.0915. The molecule has 1 aliphatic carbocycles. The lowest BCUT2D eigenvalue weighted by atomic mass is 10.0. The Kier molecular flexibility index (Phi) is 8.04. The number of halogens is 4. The highest BCUT2D eigenvalue weighted by molar-refractivity contribution is 5.97. The zero-order valence-corrected chi connectivity index (χ0v) is 24.0. The van der Waals surface area contributed by atoms with Crippen molar-refractivity contribution >= 4 is 23.3 Å². The smallest absolute Gasteiger partial charge is 0.415 e. The third-order valence-electron chi connectivity index (χ3n) is 6.61. The summed E-state index contributed by atoms with van der Waals surface area (Å²) in [5.74, 6) is -3.11. The molecule has 0 bridgehead atoms. The van der Waals surface area contributed by atoms with Gasteiger partial charge in [0.05, 0.1) is 30.3 Å². The van der Waals surface area contributed by atoms with E-state index in [2.05, 4.69) is 10.3 Å². The topological polar surface area (TPSA) is 85.2 Å². The highest BCUT2D eigenvalue weighted by atomic mass is 19.3. The van der Waals surface area contributed by atoms with Crippen LogP contribution in [0.15, 0.2) is 54.9 Å². The first-order valence-electron chi connectivity index (χ1n) is 13.6. The van der Waals surface area contributed by atoms with Crippen molar-refractivity contribution in [3.63, 3.8) is 0 Å². The van der Waals surface area contributed by atoms with Crippen molar-refractivity contribution in [1.29, 1.82) is 0 Å². The number of carbonyl (C=O) groups is 2. The van der Waals surface area contributed by atoms with Crippen LogP contribution in [0.1, 0.15) is 49.5 Å². The molecule has 0 saturated heterocycles. The molecule has 2 amide bonds.